The molecule has 4 nitrogen and oxygen atoms in total. The molecule has 3 rings (SSSR count). The van der Waals surface area contributed by atoms with Crippen molar-refractivity contribution in [1.29, 1.82) is 0 Å². The van der Waals surface area contributed by atoms with Gasteiger partial charge in [0, 0.05) is 0 Å². The zero-order valence-corrected chi connectivity index (χ0v) is 12.0. The Hall–Kier alpha value is -1.26. The van der Waals surface area contributed by atoms with E-state index in [0.29, 0.717) is 19.5 Å². The van der Waals surface area contributed by atoms with Crippen LogP contribution in [0.15, 0.2) is 18.2 Å². The Morgan fingerprint density at radius 2 is 2.15 bits per heavy atom. The van der Waals surface area contributed by atoms with E-state index in [1.807, 2.05) is 18.2 Å². The molecule has 4 heteroatoms. The van der Waals surface area contributed by atoms with Crippen molar-refractivity contribution < 1.29 is 14.2 Å². The molecule has 3 atom stereocenters. The third-order valence-corrected chi connectivity index (χ3v) is 4.22. The van der Waals surface area contributed by atoms with E-state index in [2.05, 4.69) is 6.92 Å². The van der Waals surface area contributed by atoms with Crippen molar-refractivity contribution in [3.8, 4) is 11.5 Å². The molecule has 0 saturated heterocycles. The zero-order valence-electron chi connectivity index (χ0n) is 12.0. The summed E-state index contributed by atoms with van der Waals surface area (Å²) in [5, 5.41) is 0. The van der Waals surface area contributed by atoms with Crippen molar-refractivity contribution in [2.24, 2.45) is 11.7 Å². The Labute approximate surface area is 120 Å². The van der Waals surface area contributed by atoms with E-state index in [9.17, 15) is 0 Å². The van der Waals surface area contributed by atoms with Gasteiger partial charge in [0.25, 0.3) is 0 Å². The molecule has 0 aromatic heterocycles. The van der Waals surface area contributed by atoms with E-state index in [-0.39, 0.29) is 6.04 Å². The van der Waals surface area contributed by atoms with Crippen LogP contribution in [0.2, 0.25) is 0 Å². The summed E-state index contributed by atoms with van der Waals surface area (Å²) >= 11 is 0. The first-order valence-corrected chi connectivity index (χ1v) is 7.49. The van der Waals surface area contributed by atoms with Crippen LogP contribution in [-0.4, -0.2) is 19.5 Å². The maximum absolute atomic E-state index is 6.22. The van der Waals surface area contributed by atoms with Gasteiger partial charge in [0.2, 0.25) is 6.79 Å². The van der Waals surface area contributed by atoms with Gasteiger partial charge in [-0.3, -0.25) is 0 Å². The number of fused-ring (bicyclic) bond motifs is 1. The molecule has 2 N–H and O–H groups in total. The molecule has 1 fully saturated rings. The van der Waals surface area contributed by atoms with Crippen LogP contribution in [0, 0.1) is 5.92 Å². The Bertz CT molecular complexity index is 463. The van der Waals surface area contributed by atoms with Gasteiger partial charge in [-0.1, -0.05) is 25.8 Å². The minimum atomic E-state index is -0.110. The van der Waals surface area contributed by atoms with Crippen LogP contribution in [0.3, 0.4) is 0 Å². The van der Waals surface area contributed by atoms with Crippen molar-refractivity contribution in [2.45, 2.75) is 44.8 Å². The number of hydrogen-bond acceptors (Lipinski definition) is 4. The molecule has 0 amide bonds. The van der Waals surface area contributed by atoms with E-state index in [1.54, 1.807) is 0 Å². The highest BCUT2D eigenvalue weighted by atomic mass is 16.7. The number of ether oxygens (including phenoxy) is 3. The first kappa shape index (κ1) is 13.7. The molecule has 3 unspecified atom stereocenters. The fourth-order valence-electron chi connectivity index (χ4n) is 3.01. The number of hydrogen-bond donors (Lipinski definition) is 1. The lowest BCUT2D eigenvalue weighted by Crippen LogP contribution is -2.26. The van der Waals surface area contributed by atoms with E-state index < -0.39 is 0 Å². The van der Waals surface area contributed by atoms with Crippen LogP contribution in [0.4, 0.5) is 0 Å². The highest BCUT2D eigenvalue weighted by molar-refractivity contribution is 5.45. The summed E-state index contributed by atoms with van der Waals surface area (Å²) in [7, 11) is 0. The fourth-order valence-corrected chi connectivity index (χ4v) is 3.01. The summed E-state index contributed by atoms with van der Waals surface area (Å²) in [6.45, 7) is 3.16. The Kier molecular flexibility index (Phi) is 4.13. The van der Waals surface area contributed by atoms with Crippen molar-refractivity contribution in [2.75, 3.05) is 13.4 Å². The Morgan fingerprint density at radius 1 is 1.30 bits per heavy atom. The van der Waals surface area contributed by atoms with Gasteiger partial charge < -0.3 is 19.9 Å². The predicted molar refractivity (Wildman–Crippen MR) is 76.9 cm³/mol. The van der Waals surface area contributed by atoms with Gasteiger partial charge in [0.05, 0.1) is 18.8 Å². The maximum atomic E-state index is 6.22. The lowest BCUT2D eigenvalue weighted by Gasteiger charge is -2.28. The molecule has 1 aliphatic heterocycles. The van der Waals surface area contributed by atoms with Gasteiger partial charge in [-0.15, -0.1) is 0 Å². The smallest absolute Gasteiger partial charge is 0.231 e. The average Bonchev–Trinajstić information content (AvgIpc) is 2.92. The van der Waals surface area contributed by atoms with Gasteiger partial charge in [-0.2, -0.15) is 0 Å². The second kappa shape index (κ2) is 6.02. The van der Waals surface area contributed by atoms with Crippen molar-refractivity contribution in [1.82, 2.24) is 0 Å². The van der Waals surface area contributed by atoms with Gasteiger partial charge >= 0.3 is 0 Å². The minimum absolute atomic E-state index is 0.110. The fraction of sp³-hybridized carbons (Fsp3) is 0.625. The molecule has 0 spiro atoms. The highest BCUT2D eigenvalue weighted by Gasteiger charge is 2.21. The highest BCUT2D eigenvalue weighted by Crippen LogP contribution is 2.34. The molecule has 20 heavy (non-hydrogen) atoms. The van der Waals surface area contributed by atoms with Crippen LogP contribution >= 0.6 is 0 Å². The minimum Gasteiger partial charge on any atom is -0.454 e. The average molecular weight is 277 g/mol. The third-order valence-electron chi connectivity index (χ3n) is 4.22. The molecule has 1 aromatic carbocycles. The molecule has 1 saturated carbocycles. The number of nitrogens with two attached hydrogens (primary N) is 1. The third kappa shape index (κ3) is 3.07. The Morgan fingerprint density at radius 3 is 3.00 bits per heavy atom. The van der Waals surface area contributed by atoms with Gasteiger partial charge in [0.15, 0.2) is 11.5 Å². The first-order chi connectivity index (χ1) is 9.72. The topological polar surface area (TPSA) is 53.7 Å². The van der Waals surface area contributed by atoms with Gasteiger partial charge in [-0.25, -0.2) is 0 Å². The second-order valence-electron chi connectivity index (χ2n) is 5.95. The molecule has 0 bridgehead atoms. The molecular formula is C16H23NO3. The van der Waals surface area contributed by atoms with Crippen molar-refractivity contribution >= 4 is 0 Å². The normalized spacial score (nSPS) is 26.5. The van der Waals surface area contributed by atoms with Crippen molar-refractivity contribution in [3.05, 3.63) is 23.8 Å². The quantitative estimate of drug-likeness (QED) is 0.919. The summed E-state index contributed by atoms with van der Waals surface area (Å²) in [6, 6.07) is 5.76. The zero-order chi connectivity index (χ0) is 13.9. The van der Waals surface area contributed by atoms with Crippen LogP contribution in [-0.2, 0) is 4.74 Å². The number of benzene rings is 1. The largest absolute Gasteiger partial charge is 0.454 e. The van der Waals surface area contributed by atoms with Gasteiger partial charge in [-0.05, 0) is 36.5 Å². The monoisotopic (exact) mass is 277 g/mol. The van der Waals surface area contributed by atoms with Crippen LogP contribution < -0.4 is 15.2 Å². The molecule has 1 aliphatic carbocycles. The number of rotatable bonds is 4. The lowest BCUT2D eigenvalue weighted by atomic mass is 9.89. The van der Waals surface area contributed by atoms with Crippen molar-refractivity contribution in [3.63, 3.8) is 0 Å². The van der Waals surface area contributed by atoms with E-state index >= 15 is 0 Å². The summed E-state index contributed by atoms with van der Waals surface area (Å²) in [6.07, 6.45) is 5.30. The van der Waals surface area contributed by atoms with Crippen LogP contribution in [0.5, 0.6) is 11.5 Å². The summed E-state index contributed by atoms with van der Waals surface area (Å²) < 4.78 is 16.7. The molecular weight excluding hydrogens is 254 g/mol. The van der Waals surface area contributed by atoms with E-state index in [0.717, 1.165) is 35.8 Å². The Balaban J connectivity index is 1.55. The van der Waals surface area contributed by atoms with Gasteiger partial charge in [0.1, 0.15) is 0 Å². The second-order valence-corrected chi connectivity index (χ2v) is 5.95. The summed E-state index contributed by atoms with van der Waals surface area (Å²) in [5.41, 5.74) is 7.26. The van der Waals surface area contributed by atoms with E-state index in [4.69, 9.17) is 19.9 Å². The molecule has 1 aromatic rings. The SMILES string of the molecule is CC1CCCC(OCC(N)c2ccc3c(c2)OCO3)C1. The van der Waals surface area contributed by atoms with Crippen LogP contribution in [0.1, 0.15) is 44.2 Å². The molecule has 0 radical (unpaired) electrons. The van der Waals surface area contributed by atoms with Crippen LogP contribution in [0.25, 0.3) is 0 Å². The lowest BCUT2D eigenvalue weighted by molar-refractivity contribution is 0.00850. The summed E-state index contributed by atoms with van der Waals surface area (Å²) in [4.78, 5) is 0. The first-order valence-electron chi connectivity index (χ1n) is 7.49. The molecule has 2 aliphatic rings. The molecule has 110 valence electrons. The maximum Gasteiger partial charge on any atom is 0.231 e. The standard InChI is InChI=1S/C16H23NO3/c1-11-3-2-4-13(7-11)18-9-14(17)12-5-6-15-16(8-12)20-10-19-15/h5-6,8,11,13-14H,2-4,7,9-10,17H2,1H3. The predicted octanol–water partition coefficient (Wildman–Crippen LogP) is 3.01. The summed E-state index contributed by atoms with van der Waals surface area (Å²) in [5.74, 6) is 2.35. The molecule has 1 heterocycles. The van der Waals surface area contributed by atoms with E-state index in [1.165, 1.54) is 12.8 Å².